The zero-order chi connectivity index (χ0) is 16.6. The SMILES string of the molecule is COCCOCCC(=O)Nc1cc(CN)cc(C(F)(F)F)c1. The largest absolute Gasteiger partial charge is 0.416 e. The Morgan fingerprint density at radius 3 is 2.55 bits per heavy atom. The molecule has 3 N–H and O–H groups in total. The molecule has 0 aromatic heterocycles. The Morgan fingerprint density at radius 2 is 1.95 bits per heavy atom. The minimum absolute atomic E-state index is 0.0396. The van der Waals surface area contributed by atoms with Crippen LogP contribution in [-0.2, 0) is 27.0 Å². The summed E-state index contributed by atoms with van der Waals surface area (Å²) in [6, 6.07) is 3.26. The van der Waals surface area contributed by atoms with Crippen LogP contribution in [0.5, 0.6) is 0 Å². The minimum Gasteiger partial charge on any atom is -0.382 e. The molecule has 0 heterocycles. The van der Waals surface area contributed by atoms with Crippen molar-refractivity contribution < 1.29 is 27.4 Å². The van der Waals surface area contributed by atoms with Gasteiger partial charge in [-0.1, -0.05) is 0 Å². The summed E-state index contributed by atoms with van der Waals surface area (Å²) in [6.45, 7) is 0.880. The number of alkyl halides is 3. The second kappa shape index (κ2) is 8.72. The van der Waals surface area contributed by atoms with Gasteiger partial charge in [-0.3, -0.25) is 4.79 Å². The Morgan fingerprint density at radius 1 is 1.23 bits per heavy atom. The van der Waals surface area contributed by atoms with Crippen LogP contribution in [0.2, 0.25) is 0 Å². The van der Waals surface area contributed by atoms with Crippen molar-refractivity contribution in [2.24, 2.45) is 5.73 Å². The highest BCUT2D eigenvalue weighted by Crippen LogP contribution is 2.32. The Labute approximate surface area is 126 Å². The van der Waals surface area contributed by atoms with Crippen molar-refractivity contribution in [1.29, 1.82) is 0 Å². The summed E-state index contributed by atoms with van der Waals surface area (Å²) in [5.74, 6) is -0.431. The summed E-state index contributed by atoms with van der Waals surface area (Å²) in [6.07, 6.45) is -4.45. The predicted molar refractivity (Wildman–Crippen MR) is 75.3 cm³/mol. The molecule has 1 amide bonds. The van der Waals surface area contributed by atoms with E-state index in [4.69, 9.17) is 15.2 Å². The number of rotatable bonds is 8. The highest BCUT2D eigenvalue weighted by Gasteiger charge is 2.31. The molecule has 1 aromatic rings. The van der Waals surface area contributed by atoms with Crippen molar-refractivity contribution in [2.75, 3.05) is 32.2 Å². The molecule has 0 spiro atoms. The molecule has 124 valence electrons. The fourth-order valence-electron chi connectivity index (χ4n) is 1.68. The highest BCUT2D eigenvalue weighted by molar-refractivity contribution is 5.91. The third kappa shape index (κ3) is 6.42. The van der Waals surface area contributed by atoms with Crippen molar-refractivity contribution in [3.05, 3.63) is 29.3 Å². The van der Waals surface area contributed by atoms with E-state index >= 15 is 0 Å². The van der Waals surface area contributed by atoms with Crippen LogP contribution in [-0.4, -0.2) is 32.8 Å². The van der Waals surface area contributed by atoms with Crippen LogP contribution in [0.4, 0.5) is 18.9 Å². The van der Waals surface area contributed by atoms with Gasteiger partial charge in [0, 0.05) is 19.3 Å². The standard InChI is InChI=1S/C14H19F3N2O3/c1-21-4-5-22-3-2-13(20)19-12-7-10(9-18)6-11(8-12)14(15,16)17/h6-8H,2-5,9,18H2,1H3,(H,19,20). The number of methoxy groups -OCH3 is 1. The number of benzene rings is 1. The number of nitrogens with one attached hydrogen (secondary N) is 1. The molecule has 0 fully saturated rings. The number of carbonyl (C=O) groups excluding carboxylic acids is 1. The average Bonchev–Trinajstić information content (AvgIpc) is 2.45. The van der Waals surface area contributed by atoms with Crippen molar-refractivity contribution in [2.45, 2.75) is 19.1 Å². The van der Waals surface area contributed by atoms with Crippen molar-refractivity contribution >= 4 is 11.6 Å². The van der Waals surface area contributed by atoms with Crippen LogP contribution in [0.25, 0.3) is 0 Å². The number of halogens is 3. The van der Waals surface area contributed by atoms with E-state index in [0.717, 1.165) is 12.1 Å². The molecule has 0 saturated heterocycles. The second-order valence-corrected chi connectivity index (χ2v) is 4.52. The van der Waals surface area contributed by atoms with Gasteiger partial charge >= 0.3 is 6.18 Å². The first kappa shape index (κ1) is 18.4. The van der Waals surface area contributed by atoms with Gasteiger partial charge in [0.25, 0.3) is 0 Å². The van der Waals surface area contributed by atoms with E-state index in [2.05, 4.69) is 5.32 Å². The molecular formula is C14H19F3N2O3. The van der Waals surface area contributed by atoms with Crippen molar-refractivity contribution in [1.82, 2.24) is 0 Å². The van der Waals surface area contributed by atoms with Gasteiger partial charge in [-0.2, -0.15) is 13.2 Å². The molecule has 0 radical (unpaired) electrons. The van der Waals surface area contributed by atoms with Crippen LogP contribution in [0.3, 0.4) is 0 Å². The lowest BCUT2D eigenvalue weighted by Gasteiger charge is -2.12. The average molecular weight is 320 g/mol. The number of hydrogen-bond acceptors (Lipinski definition) is 4. The third-order valence-corrected chi connectivity index (χ3v) is 2.74. The maximum absolute atomic E-state index is 12.8. The molecule has 22 heavy (non-hydrogen) atoms. The molecule has 0 bridgehead atoms. The first-order valence-electron chi connectivity index (χ1n) is 6.64. The van der Waals surface area contributed by atoms with E-state index in [0.29, 0.717) is 18.8 Å². The van der Waals surface area contributed by atoms with Crippen LogP contribution in [0.1, 0.15) is 17.5 Å². The van der Waals surface area contributed by atoms with Crippen molar-refractivity contribution in [3.8, 4) is 0 Å². The zero-order valence-electron chi connectivity index (χ0n) is 12.2. The summed E-state index contributed by atoms with van der Waals surface area (Å²) >= 11 is 0. The minimum atomic E-state index is -4.49. The Kier molecular flexibility index (Phi) is 7.30. The quantitative estimate of drug-likeness (QED) is 0.720. The van der Waals surface area contributed by atoms with Gasteiger partial charge in [-0.15, -0.1) is 0 Å². The molecule has 0 aliphatic carbocycles. The fraction of sp³-hybridized carbons (Fsp3) is 0.500. The van der Waals surface area contributed by atoms with Gasteiger partial charge < -0.3 is 20.5 Å². The molecule has 0 saturated carbocycles. The van der Waals surface area contributed by atoms with Crippen LogP contribution >= 0.6 is 0 Å². The van der Waals surface area contributed by atoms with E-state index in [1.54, 1.807) is 0 Å². The molecule has 0 aliphatic heterocycles. The normalized spacial score (nSPS) is 11.5. The van der Waals surface area contributed by atoms with Gasteiger partial charge in [0.2, 0.25) is 5.91 Å². The smallest absolute Gasteiger partial charge is 0.382 e. The summed E-state index contributed by atoms with van der Waals surface area (Å²) in [4.78, 5) is 11.7. The molecular weight excluding hydrogens is 301 g/mol. The summed E-state index contributed by atoms with van der Waals surface area (Å²) in [5, 5.41) is 2.41. The van der Waals surface area contributed by atoms with Gasteiger partial charge in [-0.05, 0) is 23.8 Å². The fourth-order valence-corrected chi connectivity index (χ4v) is 1.68. The molecule has 0 aliphatic rings. The van der Waals surface area contributed by atoms with E-state index < -0.39 is 17.6 Å². The topological polar surface area (TPSA) is 73.6 Å². The third-order valence-electron chi connectivity index (χ3n) is 2.74. The van der Waals surface area contributed by atoms with Crippen LogP contribution < -0.4 is 11.1 Å². The van der Waals surface area contributed by atoms with E-state index in [-0.39, 0.29) is 25.3 Å². The van der Waals surface area contributed by atoms with Gasteiger partial charge in [0.15, 0.2) is 0 Å². The zero-order valence-corrected chi connectivity index (χ0v) is 12.2. The molecule has 1 rings (SSSR count). The molecule has 1 aromatic carbocycles. The van der Waals surface area contributed by atoms with Gasteiger partial charge in [0.1, 0.15) is 0 Å². The highest BCUT2D eigenvalue weighted by atomic mass is 19.4. The van der Waals surface area contributed by atoms with E-state index in [1.165, 1.54) is 13.2 Å². The van der Waals surface area contributed by atoms with Crippen LogP contribution in [0.15, 0.2) is 18.2 Å². The first-order valence-corrected chi connectivity index (χ1v) is 6.64. The number of ether oxygens (including phenoxy) is 2. The van der Waals surface area contributed by atoms with Crippen molar-refractivity contribution in [3.63, 3.8) is 0 Å². The second-order valence-electron chi connectivity index (χ2n) is 4.52. The predicted octanol–water partition coefficient (Wildman–Crippen LogP) is 2.16. The number of carbonyl (C=O) groups is 1. The van der Waals surface area contributed by atoms with Gasteiger partial charge in [-0.25, -0.2) is 0 Å². The number of nitrogens with two attached hydrogens (primary N) is 1. The lowest BCUT2D eigenvalue weighted by molar-refractivity contribution is -0.137. The molecule has 8 heteroatoms. The maximum Gasteiger partial charge on any atom is 0.416 e. The number of hydrogen-bond donors (Lipinski definition) is 2. The Balaban J connectivity index is 2.62. The lowest BCUT2D eigenvalue weighted by Crippen LogP contribution is -2.16. The van der Waals surface area contributed by atoms with E-state index in [9.17, 15) is 18.0 Å². The molecule has 0 atom stereocenters. The summed E-state index contributed by atoms with van der Waals surface area (Å²) in [5.41, 5.74) is 4.89. The lowest BCUT2D eigenvalue weighted by atomic mass is 10.1. The summed E-state index contributed by atoms with van der Waals surface area (Å²) in [7, 11) is 1.53. The molecule has 5 nitrogen and oxygen atoms in total. The monoisotopic (exact) mass is 320 g/mol. The Hall–Kier alpha value is -1.64. The molecule has 0 unspecified atom stereocenters. The summed E-state index contributed by atoms with van der Waals surface area (Å²) < 4.78 is 48.2. The van der Waals surface area contributed by atoms with E-state index in [1.807, 2.05) is 0 Å². The number of anilines is 1. The van der Waals surface area contributed by atoms with Crippen LogP contribution in [0, 0.1) is 0 Å². The Bertz CT molecular complexity index is 493. The number of amides is 1. The maximum atomic E-state index is 12.8. The van der Waals surface area contributed by atoms with Gasteiger partial charge in [0.05, 0.1) is 31.8 Å². The first-order chi connectivity index (χ1) is 10.4.